The third-order valence-corrected chi connectivity index (χ3v) is 3.18. The smallest absolute Gasteiger partial charge is 0.0700 e. The first kappa shape index (κ1) is 15.0. The molecule has 0 spiro atoms. The minimum absolute atomic E-state index is 0.699. The molecule has 0 radical (unpaired) electrons. The van der Waals surface area contributed by atoms with Crippen LogP contribution in [0.25, 0.3) is 10.9 Å². The first-order valence-corrected chi connectivity index (χ1v) is 7.48. The van der Waals surface area contributed by atoms with Crippen molar-refractivity contribution >= 4 is 10.9 Å². The van der Waals surface area contributed by atoms with Crippen LogP contribution in [0, 0.1) is 0 Å². The quantitative estimate of drug-likeness (QED) is 0.625. The molecule has 2 aromatic rings. The molecule has 0 atom stereocenters. The molecule has 1 heterocycles. The fraction of sp³-hybridized carbons (Fsp3) is 0.562. The molecule has 0 aliphatic rings. The molecule has 1 aromatic heterocycles. The van der Waals surface area contributed by atoms with E-state index in [0.29, 0.717) is 13.2 Å². The standard InChI is InChI=1S/C16H24N2O2/c1-2-10-19-12-13-20-11-6-5-9-18-16-8-4-3-7-15(16)14-17-18/h3-4,7-8,14H,2,5-6,9-13H2,1H3. The number of unbranched alkanes of at least 4 members (excludes halogenated alkanes) is 1. The highest BCUT2D eigenvalue weighted by atomic mass is 16.5. The summed E-state index contributed by atoms with van der Waals surface area (Å²) in [5.41, 5.74) is 1.21. The third-order valence-electron chi connectivity index (χ3n) is 3.18. The van der Waals surface area contributed by atoms with Gasteiger partial charge in [0.05, 0.1) is 24.9 Å². The molecule has 0 amide bonds. The summed E-state index contributed by atoms with van der Waals surface area (Å²) in [6.07, 6.45) is 5.14. The van der Waals surface area contributed by atoms with Gasteiger partial charge in [-0.25, -0.2) is 0 Å². The topological polar surface area (TPSA) is 36.3 Å². The summed E-state index contributed by atoms with van der Waals surface area (Å²) in [5, 5.41) is 5.62. The van der Waals surface area contributed by atoms with Crippen molar-refractivity contribution in [2.24, 2.45) is 0 Å². The molecule has 0 saturated carbocycles. The van der Waals surface area contributed by atoms with Gasteiger partial charge in [0.2, 0.25) is 0 Å². The number of aromatic nitrogens is 2. The van der Waals surface area contributed by atoms with Gasteiger partial charge < -0.3 is 9.47 Å². The van der Waals surface area contributed by atoms with Crippen LogP contribution in [0.2, 0.25) is 0 Å². The third kappa shape index (κ3) is 4.62. The first-order valence-electron chi connectivity index (χ1n) is 7.48. The molecule has 20 heavy (non-hydrogen) atoms. The van der Waals surface area contributed by atoms with E-state index in [1.54, 1.807) is 0 Å². The van der Waals surface area contributed by atoms with Gasteiger partial charge in [0, 0.05) is 25.1 Å². The number of para-hydroxylation sites is 1. The van der Waals surface area contributed by atoms with Crippen LogP contribution >= 0.6 is 0 Å². The van der Waals surface area contributed by atoms with Crippen molar-refractivity contribution in [3.05, 3.63) is 30.5 Å². The van der Waals surface area contributed by atoms with E-state index in [0.717, 1.165) is 39.0 Å². The largest absolute Gasteiger partial charge is 0.379 e. The van der Waals surface area contributed by atoms with Crippen LogP contribution in [-0.2, 0) is 16.0 Å². The number of rotatable bonds is 10. The molecule has 1 aromatic carbocycles. The lowest BCUT2D eigenvalue weighted by atomic mass is 10.2. The molecule has 0 fully saturated rings. The van der Waals surface area contributed by atoms with Crippen LogP contribution in [0.5, 0.6) is 0 Å². The number of benzene rings is 1. The van der Waals surface area contributed by atoms with Crippen molar-refractivity contribution in [3.8, 4) is 0 Å². The molecule has 0 saturated heterocycles. The summed E-state index contributed by atoms with van der Waals surface area (Å²) in [4.78, 5) is 0. The lowest BCUT2D eigenvalue weighted by Gasteiger charge is -2.06. The molecule has 2 rings (SSSR count). The fourth-order valence-corrected chi connectivity index (χ4v) is 2.14. The van der Waals surface area contributed by atoms with E-state index in [-0.39, 0.29) is 0 Å². The Morgan fingerprint density at radius 1 is 1.00 bits per heavy atom. The van der Waals surface area contributed by atoms with E-state index in [1.807, 2.05) is 12.3 Å². The van der Waals surface area contributed by atoms with Crippen molar-refractivity contribution in [3.63, 3.8) is 0 Å². The summed E-state index contributed by atoms with van der Waals surface area (Å²) in [7, 11) is 0. The summed E-state index contributed by atoms with van der Waals surface area (Å²) in [6, 6.07) is 8.31. The Hall–Kier alpha value is -1.39. The predicted octanol–water partition coefficient (Wildman–Crippen LogP) is 3.26. The number of fused-ring (bicyclic) bond motifs is 1. The second-order valence-corrected chi connectivity index (χ2v) is 4.86. The highest BCUT2D eigenvalue weighted by Crippen LogP contribution is 2.13. The van der Waals surface area contributed by atoms with Gasteiger partial charge in [-0.05, 0) is 25.3 Å². The molecule has 0 bridgehead atoms. The van der Waals surface area contributed by atoms with Gasteiger partial charge in [-0.1, -0.05) is 25.1 Å². The van der Waals surface area contributed by atoms with Gasteiger partial charge in [-0.3, -0.25) is 4.68 Å². The number of hydrogen-bond donors (Lipinski definition) is 0. The van der Waals surface area contributed by atoms with Gasteiger partial charge in [0.15, 0.2) is 0 Å². The van der Waals surface area contributed by atoms with Gasteiger partial charge >= 0.3 is 0 Å². The minimum atomic E-state index is 0.699. The predicted molar refractivity (Wildman–Crippen MR) is 80.9 cm³/mol. The van der Waals surface area contributed by atoms with Gasteiger partial charge in [-0.15, -0.1) is 0 Å². The van der Waals surface area contributed by atoms with E-state index in [9.17, 15) is 0 Å². The van der Waals surface area contributed by atoms with Crippen LogP contribution in [-0.4, -0.2) is 36.2 Å². The van der Waals surface area contributed by atoms with Crippen molar-refractivity contribution in [2.45, 2.75) is 32.7 Å². The number of ether oxygens (including phenoxy) is 2. The Morgan fingerprint density at radius 2 is 1.80 bits per heavy atom. The van der Waals surface area contributed by atoms with Crippen molar-refractivity contribution < 1.29 is 9.47 Å². The van der Waals surface area contributed by atoms with E-state index in [4.69, 9.17) is 9.47 Å². The second kappa shape index (κ2) is 8.72. The average Bonchev–Trinajstić information content (AvgIpc) is 2.89. The Balaban J connectivity index is 1.57. The van der Waals surface area contributed by atoms with Crippen LogP contribution < -0.4 is 0 Å². The Labute approximate surface area is 120 Å². The normalized spacial score (nSPS) is 11.2. The molecule has 0 unspecified atom stereocenters. The Kier molecular flexibility index (Phi) is 6.54. The summed E-state index contributed by atoms with van der Waals surface area (Å²) < 4.78 is 13.0. The van der Waals surface area contributed by atoms with Crippen LogP contribution in [0.15, 0.2) is 30.5 Å². The van der Waals surface area contributed by atoms with Crippen LogP contribution in [0.1, 0.15) is 26.2 Å². The number of hydrogen-bond acceptors (Lipinski definition) is 3. The van der Waals surface area contributed by atoms with E-state index in [2.05, 4.69) is 34.9 Å². The fourth-order valence-electron chi connectivity index (χ4n) is 2.14. The number of aryl methyl sites for hydroxylation is 1. The molecule has 110 valence electrons. The van der Waals surface area contributed by atoms with Crippen LogP contribution in [0.3, 0.4) is 0 Å². The number of nitrogens with zero attached hydrogens (tertiary/aromatic N) is 2. The molecule has 0 aliphatic heterocycles. The zero-order chi connectivity index (χ0) is 14.0. The maximum absolute atomic E-state index is 5.53. The Morgan fingerprint density at radius 3 is 2.65 bits per heavy atom. The molecular weight excluding hydrogens is 252 g/mol. The van der Waals surface area contributed by atoms with Crippen molar-refractivity contribution in [1.82, 2.24) is 9.78 Å². The molecule has 4 nitrogen and oxygen atoms in total. The molecule has 0 aliphatic carbocycles. The monoisotopic (exact) mass is 276 g/mol. The van der Waals surface area contributed by atoms with E-state index in [1.165, 1.54) is 10.9 Å². The second-order valence-electron chi connectivity index (χ2n) is 4.86. The zero-order valence-corrected chi connectivity index (χ0v) is 12.3. The van der Waals surface area contributed by atoms with Gasteiger partial charge in [-0.2, -0.15) is 5.10 Å². The summed E-state index contributed by atoms with van der Waals surface area (Å²) in [6.45, 7) is 6.09. The SMILES string of the molecule is CCCOCCOCCCCn1ncc2ccccc21. The first-order chi connectivity index (χ1) is 9.92. The highest BCUT2D eigenvalue weighted by molar-refractivity contribution is 5.78. The van der Waals surface area contributed by atoms with Crippen molar-refractivity contribution in [2.75, 3.05) is 26.4 Å². The maximum Gasteiger partial charge on any atom is 0.0700 e. The van der Waals surface area contributed by atoms with E-state index < -0.39 is 0 Å². The van der Waals surface area contributed by atoms with Gasteiger partial charge in [0.25, 0.3) is 0 Å². The van der Waals surface area contributed by atoms with Gasteiger partial charge in [0.1, 0.15) is 0 Å². The van der Waals surface area contributed by atoms with E-state index >= 15 is 0 Å². The molecular formula is C16H24N2O2. The lowest BCUT2D eigenvalue weighted by Crippen LogP contribution is -2.07. The summed E-state index contributed by atoms with van der Waals surface area (Å²) in [5.74, 6) is 0. The van der Waals surface area contributed by atoms with Crippen LogP contribution in [0.4, 0.5) is 0 Å². The highest BCUT2D eigenvalue weighted by Gasteiger charge is 2.00. The average molecular weight is 276 g/mol. The molecule has 0 N–H and O–H groups in total. The lowest BCUT2D eigenvalue weighted by molar-refractivity contribution is 0.0464. The maximum atomic E-state index is 5.53. The minimum Gasteiger partial charge on any atom is -0.379 e. The Bertz CT molecular complexity index is 496. The summed E-state index contributed by atoms with van der Waals surface area (Å²) >= 11 is 0. The molecule has 4 heteroatoms. The van der Waals surface area contributed by atoms with Crippen molar-refractivity contribution in [1.29, 1.82) is 0 Å². The zero-order valence-electron chi connectivity index (χ0n) is 12.3.